The van der Waals surface area contributed by atoms with Gasteiger partial charge in [0.15, 0.2) is 0 Å². The number of ether oxygens (including phenoxy) is 2. The zero-order valence-corrected chi connectivity index (χ0v) is 13.1. The monoisotopic (exact) mass is 287 g/mol. The van der Waals surface area contributed by atoms with Crippen LogP contribution in [-0.2, 0) is 19.1 Å². The molecule has 0 aliphatic carbocycles. The molecule has 20 heavy (non-hydrogen) atoms. The van der Waals surface area contributed by atoms with Gasteiger partial charge in [0.05, 0.1) is 0 Å². The standard InChI is InChI=1S/C14H25NO5/c1-13(2,3)19-11(17)10(8-7-9-16)15-12(18)20-14(4,5)6/h9-10H,7-8H2,1-6H3,(H,15,18)/t10-/m0/s1. The predicted octanol–water partition coefficient (Wildman–Crippen LogP) is 2.20. The smallest absolute Gasteiger partial charge is 0.408 e. The molecule has 0 aliphatic heterocycles. The van der Waals surface area contributed by atoms with Crippen LogP contribution in [0.1, 0.15) is 54.4 Å². The molecular weight excluding hydrogens is 262 g/mol. The van der Waals surface area contributed by atoms with Gasteiger partial charge < -0.3 is 19.6 Å². The van der Waals surface area contributed by atoms with Crippen molar-refractivity contribution in [2.75, 3.05) is 0 Å². The van der Waals surface area contributed by atoms with Crippen LogP contribution in [0.2, 0.25) is 0 Å². The van der Waals surface area contributed by atoms with E-state index in [9.17, 15) is 14.4 Å². The molecule has 116 valence electrons. The van der Waals surface area contributed by atoms with Crippen LogP contribution in [0.15, 0.2) is 0 Å². The van der Waals surface area contributed by atoms with Crippen molar-refractivity contribution >= 4 is 18.3 Å². The number of rotatable bonds is 5. The van der Waals surface area contributed by atoms with Gasteiger partial charge in [-0.3, -0.25) is 0 Å². The molecule has 1 N–H and O–H groups in total. The molecule has 1 amide bonds. The summed E-state index contributed by atoms with van der Waals surface area (Å²) in [5, 5.41) is 2.44. The molecule has 0 aromatic rings. The molecular formula is C14H25NO5. The Bertz CT molecular complexity index is 352. The van der Waals surface area contributed by atoms with E-state index < -0.39 is 29.3 Å². The molecule has 0 saturated heterocycles. The van der Waals surface area contributed by atoms with Crippen molar-refractivity contribution in [3.8, 4) is 0 Å². The highest BCUT2D eigenvalue weighted by molar-refractivity contribution is 5.82. The Balaban J connectivity index is 4.67. The van der Waals surface area contributed by atoms with Crippen LogP contribution in [0.5, 0.6) is 0 Å². The summed E-state index contributed by atoms with van der Waals surface area (Å²) in [6, 6.07) is -0.894. The maximum Gasteiger partial charge on any atom is 0.408 e. The topological polar surface area (TPSA) is 81.7 Å². The second kappa shape index (κ2) is 7.26. The van der Waals surface area contributed by atoms with Crippen molar-refractivity contribution in [3.63, 3.8) is 0 Å². The van der Waals surface area contributed by atoms with E-state index in [1.54, 1.807) is 41.5 Å². The molecule has 0 heterocycles. The lowest BCUT2D eigenvalue weighted by Crippen LogP contribution is -2.46. The van der Waals surface area contributed by atoms with Crippen LogP contribution in [0.3, 0.4) is 0 Å². The van der Waals surface area contributed by atoms with E-state index in [0.717, 1.165) is 0 Å². The van der Waals surface area contributed by atoms with Crippen molar-refractivity contribution in [2.45, 2.75) is 71.6 Å². The molecule has 0 aromatic heterocycles. The fourth-order valence-corrected chi connectivity index (χ4v) is 1.31. The van der Waals surface area contributed by atoms with Crippen molar-refractivity contribution in [1.82, 2.24) is 5.32 Å². The first kappa shape index (κ1) is 18.4. The molecule has 0 radical (unpaired) electrons. The molecule has 0 unspecified atom stereocenters. The minimum Gasteiger partial charge on any atom is -0.458 e. The average molecular weight is 287 g/mol. The van der Waals surface area contributed by atoms with Gasteiger partial charge in [0.25, 0.3) is 0 Å². The second-order valence-electron chi connectivity index (χ2n) is 6.48. The van der Waals surface area contributed by atoms with Gasteiger partial charge in [0, 0.05) is 6.42 Å². The lowest BCUT2D eigenvalue weighted by atomic mass is 10.1. The fourth-order valence-electron chi connectivity index (χ4n) is 1.31. The summed E-state index contributed by atoms with van der Waals surface area (Å²) in [6.07, 6.45) is 0.310. The minimum absolute atomic E-state index is 0.152. The highest BCUT2D eigenvalue weighted by atomic mass is 16.6. The first-order chi connectivity index (χ1) is 8.94. The van der Waals surface area contributed by atoms with Gasteiger partial charge in [-0.2, -0.15) is 0 Å². The molecule has 1 atom stereocenters. The van der Waals surface area contributed by atoms with E-state index >= 15 is 0 Å². The van der Waals surface area contributed by atoms with Crippen LogP contribution in [0.4, 0.5) is 4.79 Å². The van der Waals surface area contributed by atoms with Gasteiger partial charge in [-0.1, -0.05) is 0 Å². The van der Waals surface area contributed by atoms with Crippen molar-refractivity contribution in [1.29, 1.82) is 0 Å². The number of hydrogen-bond acceptors (Lipinski definition) is 5. The maximum absolute atomic E-state index is 12.0. The Hall–Kier alpha value is -1.59. The largest absolute Gasteiger partial charge is 0.458 e. The van der Waals surface area contributed by atoms with Gasteiger partial charge in [-0.25, -0.2) is 9.59 Å². The van der Waals surface area contributed by atoms with Crippen LogP contribution < -0.4 is 5.32 Å². The van der Waals surface area contributed by atoms with Crippen LogP contribution >= 0.6 is 0 Å². The van der Waals surface area contributed by atoms with E-state index in [0.29, 0.717) is 6.29 Å². The van der Waals surface area contributed by atoms with Gasteiger partial charge in [0.1, 0.15) is 23.5 Å². The molecule has 0 aromatic carbocycles. The number of esters is 1. The molecule has 0 bridgehead atoms. The number of alkyl carbamates (subject to hydrolysis) is 1. The number of carbonyl (C=O) groups is 3. The molecule has 6 heteroatoms. The Morgan fingerprint density at radius 3 is 1.95 bits per heavy atom. The second-order valence-corrected chi connectivity index (χ2v) is 6.48. The summed E-state index contributed by atoms with van der Waals surface area (Å²) in [7, 11) is 0. The number of amides is 1. The molecule has 0 saturated carbocycles. The Morgan fingerprint density at radius 1 is 1.05 bits per heavy atom. The van der Waals surface area contributed by atoms with E-state index in [2.05, 4.69) is 5.32 Å². The zero-order valence-electron chi connectivity index (χ0n) is 13.1. The van der Waals surface area contributed by atoms with Crippen molar-refractivity contribution in [3.05, 3.63) is 0 Å². The van der Waals surface area contributed by atoms with E-state index in [4.69, 9.17) is 9.47 Å². The summed E-state index contributed by atoms with van der Waals surface area (Å²) in [5.74, 6) is -0.579. The average Bonchev–Trinajstić information content (AvgIpc) is 2.18. The Labute approximate surface area is 120 Å². The minimum atomic E-state index is -0.894. The maximum atomic E-state index is 12.0. The Morgan fingerprint density at radius 2 is 1.55 bits per heavy atom. The summed E-state index contributed by atoms with van der Waals surface area (Å²) in [4.78, 5) is 34.1. The van der Waals surface area contributed by atoms with Gasteiger partial charge >= 0.3 is 12.1 Å². The SMILES string of the molecule is CC(C)(C)OC(=O)N[C@@H](CCC=O)C(=O)OC(C)(C)C. The predicted molar refractivity (Wildman–Crippen MR) is 74.3 cm³/mol. The number of aldehydes is 1. The molecule has 0 fully saturated rings. The third-order valence-electron chi connectivity index (χ3n) is 1.96. The quantitative estimate of drug-likeness (QED) is 0.619. The molecule has 6 nitrogen and oxygen atoms in total. The van der Waals surface area contributed by atoms with E-state index in [-0.39, 0.29) is 12.8 Å². The lowest BCUT2D eigenvalue weighted by Gasteiger charge is -2.26. The van der Waals surface area contributed by atoms with E-state index in [1.807, 2.05) is 0 Å². The molecule has 0 rings (SSSR count). The fraction of sp³-hybridized carbons (Fsp3) is 0.786. The molecule has 0 aliphatic rings. The summed E-state index contributed by atoms with van der Waals surface area (Å²) in [5.41, 5.74) is -1.32. The summed E-state index contributed by atoms with van der Waals surface area (Å²) < 4.78 is 10.3. The van der Waals surface area contributed by atoms with Crippen LogP contribution in [-0.4, -0.2) is 35.6 Å². The lowest BCUT2D eigenvalue weighted by molar-refractivity contribution is -0.157. The van der Waals surface area contributed by atoms with Crippen molar-refractivity contribution in [2.24, 2.45) is 0 Å². The highest BCUT2D eigenvalue weighted by Crippen LogP contribution is 2.12. The molecule has 0 spiro atoms. The number of hydrogen-bond donors (Lipinski definition) is 1. The van der Waals surface area contributed by atoms with Gasteiger partial charge in [-0.15, -0.1) is 0 Å². The number of nitrogens with one attached hydrogen (secondary N) is 1. The zero-order chi connectivity index (χ0) is 16.0. The van der Waals surface area contributed by atoms with Gasteiger partial charge in [0.2, 0.25) is 0 Å². The third-order valence-corrected chi connectivity index (χ3v) is 1.96. The van der Waals surface area contributed by atoms with Crippen molar-refractivity contribution < 1.29 is 23.9 Å². The van der Waals surface area contributed by atoms with Gasteiger partial charge in [-0.05, 0) is 48.0 Å². The first-order valence-electron chi connectivity index (χ1n) is 6.60. The summed E-state index contributed by atoms with van der Waals surface area (Å²) >= 11 is 0. The van der Waals surface area contributed by atoms with Crippen LogP contribution in [0, 0.1) is 0 Å². The normalized spacial score (nSPS) is 13.3. The third kappa shape index (κ3) is 9.35. The Kier molecular flexibility index (Phi) is 6.68. The van der Waals surface area contributed by atoms with Crippen LogP contribution in [0.25, 0.3) is 0 Å². The summed E-state index contributed by atoms with van der Waals surface area (Å²) in [6.45, 7) is 10.4. The van der Waals surface area contributed by atoms with E-state index in [1.165, 1.54) is 0 Å². The highest BCUT2D eigenvalue weighted by Gasteiger charge is 2.28. The first-order valence-corrected chi connectivity index (χ1v) is 6.60. The number of carbonyl (C=O) groups excluding carboxylic acids is 3.